The normalized spacial score (nSPS) is 13.3. The maximum atomic E-state index is 2.55. The Morgan fingerprint density at radius 2 is 0.732 bits per heavy atom. The standard InChI is InChI=1S/C69H57NS/c1-67(2,3)52-36-40-57-58-41-37-53(68(4,5)6)45-61(58)69(60(57)44-52)59-25-15-18-28-65(59)71-66-42-35-51(43-62(66)69)56-24-14-17-27-64(56)70(54-38-33-49(34-39-54)47-21-11-8-12-22-47)63-26-16-13-23-55(63)50-31-29-48(30-32-50)46-19-9-7-10-20-46/h7-45H,1-6H3. The minimum absolute atomic E-state index is 0.0307. The summed E-state index contributed by atoms with van der Waals surface area (Å²) in [6, 6.07) is 88.6. The van der Waals surface area contributed by atoms with Crippen LogP contribution in [0.2, 0.25) is 0 Å². The third kappa shape index (κ3) is 7.64. The molecule has 0 aromatic heterocycles. The van der Waals surface area contributed by atoms with Crippen molar-refractivity contribution in [2.75, 3.05) is 4.90 Å². The van der Waals surface area contributed by atoms with Gasteiger partial charge in [-0.3, -0.25) is 0 Å². The molecule has 1 spiro atoms. The van der Waals surface area contributed by atoms with Crippen molar-refractivity contribution in [2.24, 2.45) is 0 Å². The third-order valence-electron chi connectivity index (χ3n) is 14.9. The Morgan fingerprint density at radius 3 is 1.28 bits per heavy atom. The van der Waals surface area contributed by atoms with Gasteiger partial charge in [0.2, 0.25) is 0 Å². The van der Waals surface area contributed by atoms with Crippen LogP contribution in [-0.4, -0.2) is 0 Å². The van der Waals surface area contributed by atoms with Gasteiger partial charge in [-0.25, -0.2) is 0 Å². The number of rotatable bonds is 7. The van der Waals surface area contributed by atoms with Crippen LogP contribution in [0.25, 0.3) is 55.6 Å². The van der Waals surface area contributed by atoms with E-state index < -0.39 is 5.41 Å². The largest absolute Gasteiger partial charge is 0.309 e. The number of fused-ring (bicyclic) bond motifs is 9. The molecule has 0 bridgehead atoms. The van der Waals surface area contributed by atoms with Crippen molar-refractivity contribution >= 4 is 28.8 Å². The fourth-order valence-corrected chi connectivity index (χ4v) is 12.4. The molecule has 0 saturated carbocycles. The topological polar surface area (TPSA) is 3.24 Å². The molecule has 2 aliphatic rings. The number of anilines is 3. The van der Waals surface area contributed by atoms with E-state index in [-0.39, 0.29) is 10.8 Å². The van der Waals surface area contributed by atoms with Gasteiger partial charge >= 0.3 is 0 Å². The van der Waals surface area contributed by atoms with Gasteiger partial charge in [-0.05, 0) is 131 Å². The molecule has 0 amide bonds. The average Bonchev–Trinajstić information content (AvgIpc) is 3.69. The smallest absolute Gasteiger partial charge is 0.0735 e. The number of hydrogen-bond acceptors (Lipinski definition) is 2. The molecule has 0 radical (unpaired) electrons. The lowest BCUT2D eigenvalue weighted by Crippen LogP contribution is -2.33. The monoisotopic (exact) mass is 931 g/mol. The van der Waals surface area contributed by atoms with Crippen molar-refractivity contribution in [2.45, 2.75) is 67.6 Å². The molecule has 344 valence electrons. The summed E-state index contributed by atoms with van der Waals surface area (Å²) >= 11 is 1.91. The summed E-state index contributed by atoms with van der Waals surface area (Å²) in [7, 11) is 0. The summed E-state index contributed by atoms with van der Waals surface area (Å²) in [6.45, 7) is 14.0. The van der Waals surface area contributed by atoms with Crippen molar-refractivity contribution < 1.29 is 0 Å². The Morgan fingerprint density at radius 1 is 0.310 bits per heavy atom. The minimum Gasteiger partial charge on any atom is -0.309 e. The van der Waals surface area contributed by atoms with Crippen LogP contribution < -0.4 is 4.90 Å². The first-order chi connectivity index (χ1) is 34.5. The highest BCUT2D eigenvalue weighted by Gasteiger charge is 2.51. The molecule has 71 heavy (non-hydrogen) atoms. The van der Waals surface area contributed by atoms with Gasteiger partial charge < -0.3 is 4.90 Å². The van der Waals surface area contributed by atoms with E-state index in [0.29, 0.717) is 0 Å². The fourth-order valence-electron chi connectivity index (χ4n) is 11.2. The van der Waals surface area contributed by atoms with Gasteiger partial charge in [-0.1, -0.05) is 247 Å². The van der Waals surface area contributed by atoms with Crippen LogP contribution in [0.4, 0.5) is 17.1 Å². The SMILES string of the molecule is CC(C)(C)c1ccc2c(c1)C1(c3ccccc3Sc3ccc(-c4ccccc4N(c4ccc(-c5ccccc5)cc4)c4ccccc4-c4ccc(-c5ccccc5)cc4)cc31)c1cc(C(C)(C)C)ccc1-2. The number of benzene rings is 10. The van der Waals surface area contributed by atoms with E-state index in [1.807, 2.05) is 11.8 Å². The molecular weight excluding hydrogens is 875 g/mol. The quantitative estimate of drug-likeness (QED) is 0.157. The second-order valence-electron chi connectivity index (χ2n) is 21.3. The van der Waals surface area contributed by atoms with E-state index in [1.165, 1.54) is 87.7 Å². The highest BCUT2D eigenvalue weighted by atomic mass is 32.2. The van der Waals surface area contributed by atoms with Crippen LogP contribution >= 0.6 is 11.8 Å². The molecule has 2 heteroatoms. The van der Waals surface area contributed by atoms with E-state index in [9.17, 15) is 0 Å². The molecule has 10 aromatic rings. The highest BCUT2D eigenvalue weighted by molar-refractivity contribution is 7.99. The molecule has 1 nitrogen and oxygen atoms in total. The first kappa shape index (κ1) is 44.6. The van der Waals surface area contributed by atoms with E-state index in [0.717, 1.165) is 28.2 Å². The number of para-hydroxylation sites is 2. The summed E-state index contributed by atoms with van der Waals surface area (Å²) in [6.07, 6.45) is 0. The second kappa shape index (κ2) is 17.3. The van der Waals surface area contributed by atoms with Crippen LogP contribution in [0.5, 0.6) is 0 Å². The second-order valence-corrected chi connectivity index (χ2v) is 22.4. The van der Waals surface area contributed by atoms with Gasteiger partial charge in [-0.15, -0.1) is 0 Å². The Bertz CT molecular complexity index is 3550. The molecule has 1 aliphatic carbocycles. The van der Waals surface area contributed by atoms with Crippen molar-refractivity contribution in [3.05, 3.63) is 270 Å². The van der Waals surface area contributed by atoms with Gasteiger partial charge in [0.15, 0.2) is 0 Å². The zero-order chi connectivity index (χ0) is 48.5. The Balaban J connectivity index is 1.08. The highest BCUT2D eigenvalue weighted by Crippen LogP contribution is 2.63. The van der Waals surface area contributed by atoms with Crippen molar-refractivity contribution in [1.29, 1.82) is 0 Å². The average molecular weight is 932 g/mol. The molecule has 10 aromatic carbocycles. The van der Waals surface area contributed by atoms with Gasteiger partial charge in [0.1, 0.15) is 0 Å². The summed E-state index contributed by atoms with van der Waals surface area (Å²) in [4.78, 5) is 5.09. The molecule has 0 atom stereocenters. The number of nitrogens with zero attached hydrogens (tertiary/aromatic N) is 1. The maximum Gasteiger partial charge on any atom is 0.0735 e. The Kier molecular flexibility index (Phi) is 10.9. The van der Waals surface area contributed by atoms with Crippen molar-refractivity contribution in [3.8, 4) is 55.6 Å². The van der Waals surface area contributed by atoms with Crippen molar-refractivity contribution in [3.63, 3.8) is 0 Å². The molecule has 0 N–H and O–H groups in total. The predicted octanol–water partition coefficient (Wildman–Crippen LogP) is 19.2. The zero-order valence-corrected chi connectivity index (χ0v) is 42.2. The Hall–Kier alpha value is -7.65. The first-order valence-electron chi connectivity index (χ1n) is 25.0. The first-order valence-corrected chi connectivity index (χ1v) is 25.8. The zero-order valence-electron chi connectivity index (χ0n) is 41.4. The lowest BCUT2D eigenvalue weighted by atomic mass is 9.65. The number of hydrogen-bond donors (Lipinski definition) is 0. The molecular formula is C69H57NS. The van der Waals surface area contributed by atoms with E-state index in [4.69, 9.17) is 0 Å². The van der Waals surface area contributed by atoms with Crippen LogP contribution in [0.3, 0.4) is 0 Å². The van der Waals surface area contributed by atoms with Crippen LogP contribution in [-0.2, 0) is 16.2 Å². The molecule has 12 rings (SSSR count). The summed E-state index contributed by atoms with van der Waals surface area (Å²) in [5.41, 5.74) is 23.0. The summed E-state index contributed by atoms with van der Waals surface area (Å²) in [5.74, 6) is 0. The maximum absolute atomic E-state index is 2.55. The van der Waals surface area contributed by atoms with Gasteiger partial charge in [0.05, 0.1) is 16.8 Å². The molecule has 1 aliphatic heterocycles. The summed E-state index contributed by atoms with van der Waals surface area (Å²) < 4.78 is 0. The molecule has 0 unspecified atom stereocenters. The van der Waals surface area contributed by atoms with E-state index in [2.05, 4.69) is 283 Å². The van der Waals surface area contributed by atoms with Gasteiger partial charge in [0.25, 0.3) is 0 Å². The molecule has 0 fully saturated rings. The fraction of sp³-hybridized carbons (Fsp3) is 0.130. The Labute approximate surface area is 424 Å². The molecule has 0 saturated heterocycles. The van der Waals surface area contributed by atoms with Crippen molar-refractivity contribution in [1.82, 2.24) is 0 Å². The van der Waals surface area contributed by atoms with Crippen LogP contribution in [0.1, 0.15) is 74.9 Å². The van der Waals surface area contributed by atoms with Gasteiger partial charge in [0, 0.05) is 26.6 Å². The predicted molar refractivity (Wildman–Crippen MR) is 302 cm³/mol. The van der Waals surface area contributed by atoms with E-state index >= 15 is 0 Å². The van der Waals surface area contributed by atoms with Crippen LogP contribution in [0, 0.1) is 0 Å². The lowest BCUT2D eigenvalue weighted by Gasteiger charge is -2.41. The van der Waals surface area contributed by atoms with Crippen LogP contribution in [0.15, 0.2) is 246 Å². The summed E-state index contributed by atoms with van der Waals surface area (Å²) in [5, 5.41) is 0. The van der Waals surface area contributed by atoms with E-state index in [1.54, 1.807) is 0 Å². The third-order valence-corrected chi connectivity index (χ3v) is 16.1. The molecule has 1 heterocycles. The van der Waals surface area contributed by atoms with Gasteiger partial charge in [-0.2, -0.15) is 0 Å². The lowest BCUT2D eigenvalue weighted by molar-refractivity contribution is 0.585. The minimum atomic E-state index is -0.541.